The van der Waals surface area contributed by atoms with Crippen LogP contribution in [0.3, 0.4) is 0 Å². The van der Waals surface area contributed by atoms with Crippen molar-refractivity contribution in [2.45, 2.75) is 0 Å². The molecule has 0 radical (unpaired) electrons. The Morgan fingerprint density at radius 1 is 0.848 bits per heavy atom. The highest BCUT2D eigenvalue weighted by Crippen LogP contribution is 2.28. The first-order valence-corrected chi connectivity index (χ1v) is 11.2. The fourth-order valence-corrected chi connectivity index (χ4v) is 3.71. The van der Waals surface area contributed by atoms with E-state index in [9.17, 15) is 4.79 Å². The highest BCUT2D eigenvalue weighted by atomic mass is 79.9. The molecular formula is C27H19BrN2O3. The smallest absolute Gasteiger partial charge is 0.262 e. The molecule has 0 saturated carbocycles. The lowest BCUT2D eigenvalue weighted by atomic mass is 10.0. The molecule has 1 amide bonds. The number of halogens is 1. The van der Waals surface area contributed by atoms with E-state index in [2.05, 4.69) is 50.5 Å². The molecule has 5 rings (SSSR count). The van der Waals surface area contributed by atoms with E-state index >= 15 is 0 Å². The minimum atomic E-state index is -0.252. The minimum Gasteiger partial charge on any atom is -0.484 e. The Labute approximate surface area is 199 Å². The summed E-state index contributed by atoms with van der Waals surface area (Å²) >= 11 is 3.37. The predicted octanol–water partition coefficient (Wildman–Crippen LogP) is 6.94. The normalized spacial score (nSPS) is 10.8. The number of fused-ring (bicyclic) bond motifs is 1. The number of carbonyl (C=O) groups is 1. The monoisotopic (exact) mass is 498 g/mol. The number of carbonyl (C=O) groups excluding carboxylic acids is 1. The number of hydrogen-bond acceptors (Lipinski definition) is 4. The van der Waals surface area contributed by atoms with E-state index in [4.69, 9.17) is 9.15 Å². The van der Waals surface area contributed by atoms with Crippen LogP contribution in [0.4, 0.5) is 5.69 Å². The summed E-state index contributed by atoms with van der Waals surface area (Å²) in [6, 6.07) is 31.0. The Morgan fingerprint density at radius 3 is 2.30 bits per heavy atom. The number of nitrogens with zero attached hydrogens (tertiary/aromatic N) is 1. The molecule has 0 aliphatic carbocycles. The van der Waals surface area contributed by atoms with Crippen LogP contribution in [-0.2, 0) is 4.79 Å². The second-order valence-corrected chi connectivity index (χ2v) is 8.35. The Bertz CT molecular complexity index is 1400. The first-order chi connectivity index (χ1) is 16.1. The maximum Gasteiger partial charge on any atom is 0.262 e. The number of nitrogens with one attached hydrogen (secondary N) is 1. The van der Waals surface area contributed by atoms with Crippen molar-refractivity contribution < 1.29 is 13.9 Å². The van der Waals surface area contributed by atoms with E-state index in [0.717, 1.165) is 21.2 Å². The van der Waals surface area contributed by atoms with Crippen molar-refractivity contribution in [1.29, 1.82) is 0 Å². The fourth-order valence-electron chi connectivity index (χ4n) is 3.44. The molecule has 0 spiro atoms. The van der Waals surface area contributed by atoms with Gasteiger partial charge in [0.25, 0.3) is 5.91 Å². The molecule has 0 unspecified atom stereocenters. The van der Waals surface area contributed by atoms with Crippen LogP contribution in [0.1, 0.15) is 0 Å². The zero-order valence-corrected chi connectivity index (χ0v) is 19.1. The lowest BCUT2D eigenvalue weighted by Crippen LogP contribution is -2.20. The number of rotatable bonds is 6. The van der Waals surface area contributed by atoms with Gasteiger partial charge < -0.3 is 14.5 Å². The summed E-state index contributed by atoms with van der Waals surface area (Å²) in [5.41, 5.74) is 5.13. The van der Waals surface area contributed by atoms with Crippen LogP contribution in [0.5, 0.6) is 5.75 Å². The van der Waals surface area contributed by atoms with Gasteiger partial charge in [0.15, 0.2) is 12.2 Å². The van der Waals surface area contributed by atoms with Gasteiger partial charge >= 0.3 is 0 Å². The van der Waals surface area contributed by atoms with Gasteiger partial charge in [0.05, 0.1) is 0 Å². The standard InChI is InChI=1S/C27H19BrN2O3/c28-21-10-13-23(14-11-21)32-17-26(31)29-22-12-15-25-24(16-22)30-27(33-25)20-8-6-19(7-9-20)18-4-2-1-3-5-18/h1-16H,17H2,(H,29,31). The van der Waals surface area contributed by atoms with Crippen LogP contribution in [0.15, 0.2) is 106 Å². The highest BCUT2D eigenvalue weighted by molar-refractivity contribution is 9.10. The van der Waals surface area contributed by atoms with Crippen molar-refractivity contribution in [2.75, 3.05) is 11.9 Å². The topological polar surface area (TPSA) is 64.4 Å². The highest BCUT2D eigenvalue weighted by Gasteiger charge is 2.11. The molecule has 5 nitrogen and oxygen atoms in total. The molecular weight excluding hydrogens is 480 g/mol. The van der Waals surface area contributed by atoms with E-state index in [1.54, 1.807) is 30.3 Å². The molecule has 0 saturated heterocycles. The number of hydrogen-bond donors (Lipinski definition) is 1. The lowest BCUT2D eigenvalue weighted by molar-refractivity contribution is -0.118. The Hall–Kier alpha value is -3.90. The van der Waals surface area contributed by atoms with Crippen LogP contribution in [-0.4, -0.2) is 17.5 Å². The zero-order chi connectivity index (χ0) is 22.6. The number of anilines is 1. The molecule has 0 atom stereocenters. The van der Waals surface area contributed by atoms with E-state index < -0.39 is 0 Å². The molecule has 33 heavy (non-hydrogen) atoms. The molecule has 0 aliphatic heterocycles. The number of aromatic nitrogens is 1. The van der Waals surface area contributed by atoms with Crippen molar-refractivity contribution in [3.8, 4) is 28.3 Å². The molecule has 0 bridgehead atoms. The Kier molecular flexibility index (Phi) is 5.91. The summed E-state index contributed by atoms with van der Waals surface area (Å²) in [5, 5.41) is 2.84. The number of amides is 1. The van der Waals surface area contributed by atoms with E-state index in [1.807, 2.05) is 42.5 Å². The third-order valence-electron chi connectivity index (χ3n) is 5.09. The van der Waals surface area contributed by atoms with E-state index in [1.165, 1.54) is 0 Å². The Balaban J connectivity index is 1.27. The van der Waals surface area contributed by atoms with Gasteiger partial charge in [-0.2, -0.15) is 0 Å². The van der Waals surface area contributed by atoms with Gasteiger partial charge in [-0.3, -0.25) is 4.79 Å². The summed E-state index contributed by atoms with van der Waals surface area (Å²) < 4.78 is 12.4. The van der Waals surface area contributed by atoms with Crippen LogP contribution in [0.25, 0.3) is 33.7 Å². The molecule has 4 aromatic carbocycles. The van der Waals surface area contributed by atoms with Gasteiger partial charge in [0, 0.05) is 15.7 Å². The van der Waals surface area contributed by atoms with Crippen LogP contribution >= 0.6 is 15.9 Å². The summed E-state index contributed by atoms with van der Waals surface area (Å²) in [6.07, 6.45) is 0. The molecule has 0 fully saturated rings. The maximum absolute atomic E-state index is 12.3. The second-order valence-electron chi connectivity index (χ2n) is 7.44. The predicted molar refractivity (Wildman–Crippen MR) is 133 cm³/mol. The summed E-state index contributed by atoms with van der Waals surface area (Å²) in [4.78, 5) is 16.9. The van der Waals surface area contributed by atoms with Gasteiger partial charge in [-0.15, -0.1) is 0 Å². The summed E-state index contributed by atoms with van der Waals surface area (Å²) in [5.74, 6) is 0.910. The molecule has 1 aromatic heterocycles. The molecule has 162 valence electrons. The average Bonchev–Trinajstić information content (AvgIpc) is 3.28. The molecule has 1 heterocycles. The van der Waals surface area contributed by atoms with Crippen molar-refractivity contribution in [1.82, 2.24) is 4.98 Å². The molecule has 5 aromatic rings. The van der Waals surface area contributed by atoms with Crippen molar-refractivity contribution in [2.24, 2.45) is 0 Å². The fraction of sp³-hybridized carbons (Fsp3) is 0.0370. The summed E-state index contributed by atoms with van der Waals surface area (Å²) in [6.45, 7) is -0.0858. The van der Waals surface area contributed by atoms with Gasteiger partial charge in [-0.25, -0.2) is 4.98 Å². The molecule has 6 heteroatoms. The van der Waals surface area contributed by atoms with Gasteiger partial charge in [-0.1, -0.05) is 58.4 Å². The minimum absolute atomic E-state index is 0.0858. The first-order valence-electron chi connectivity index (χ1n) is 10.4. The van der Waals surface area contributed by atoms with Gasteiger partial charge in [0.2, 0.25) is 5.89 Å². The van der Waals surface area contributed by atoms with Gasteiger partial charge in [0.1, 0.15) is 11.3 Å². The summed E-state index contributed by atoms with van der Waals surface area (Å²) in [7, 11) is 0. The van der Waals surface area contributed by atoms with E-state index in [-0.39, 0.29) is 12.5 Å². The van der Waals surface area contributed by atoms with Crippen LogP contribution < -0.4 is 10.1 Å². The Morgan fingerprint density at radius 2 is 1.55 bits per heavy atom. The van der Waals surface area contributed by atoms with Crippen molar-refractivity contribution in [3.63, 3.8) is 0 Å². The third kappa shape index (κ3) is 4.96. The number of oxazole rings is 1. The molecule has 1 N–H and O–H groups in total. The van der Waals surface area contributed by atoms with Crippen LogP contribution in [0.2, 0.25) is 0 Å². The lowest BCUT2D eigenvalue weighted by Gasteiger charge is -2.07. The van der Waals surface area contributed by atoms with E-state index in [0.29, 0.717) is 28.4 Å². The van der Waals surface area contributed by atoms with Crippen molar-refractivity contribution in [3.05, 3.63) is 102 Å². The van der Waals surface area contributed by atoms with Crippen molar-refractivity contribution >= 4 is 38.6 Å². The quantitative estimate of drug-likeness (QED) is 0.275. The SMILES string of the molecule is O=C(COc1ccc(Br)cc1)Nc1ccc2oc(-c3ccc(-c4ccccc4)cc3)nc2c1. The van der Waals surface area contributed by atoms with Crippen LogP contribution in [0, 0.1) is 0 Å². The zero-order valence-electron chi connectivity index (χ0n) is 17.5. The molecule has 0 aliphatic rings. The number of benzene rings is 4. The average molecular weight is 499 g/mol. The first kappa shape index (κ1) is 21.0. The third-order valence-corrected chi connectivity index (χ3v) is 5.62. The largest absolute Gasteiger partial charge is 0.484 e. The number of ether oxygens (including phenoxy) is 1. The second kappa shape index (κ2) is 9.30. The van der Waals surface area contributed by atoms with Gasteiger partial charge in [-0.05, 0) is 65.7 Å². The maximum atomic E-state index is 12.3.